The molecule has 0 amide bonds. The normalized spacial score (nSPS) is 17.9. The summed E-state index contributed by atoms with van der Waals surface area (Å²) in [6, 6.07) is 8.24. The monoisotopic (exact) mass is 307 g/mol. The van der Waals surface area contributed by atoms with Crippen LogP contribution in [0.1, 0.15) is 12.0 Å². The van der Waals surface area contributed by atoms with E-state index in [9.17, 15) is 13.2 Å². The molecule has 0 saturated carbocycles. The second-order valence-electron chi connectivity index (χ2n) is 5.29. The lowest BCUT2D eigenvalue weighted by Crippen LogP contribution is -2.17. The second-order valence-corrected chi connectivity index (χ2v) is 5.29. The molecular weight excluding hydrogens is 291 g/mol. The molecule has 1 N–H and O–H groups in total. The highest BCUT2D eigenvalue weighted by molar-refractivity contribution is 5.68. The number of hydrogen-bond acceptors (Lipinski definition) is 2. The molecule has 0 aliphatic carbocycles. The Bertz CT molecular complexity index is 669. The van der Waals surface area contributed by atoms with Crippen molar-refractivity contribution in [3.63, 3.8) is 0 Å². The van der Waals surface area contributed by atoms with Crippen LogP contribution in [0.3, 0.4) is 0 Å². The third-order valence-electron chi connectivity index (χ3n) is 3.84. The fourth-order valence-corrected chi connectivity index (χ4v) is 2.64. The molecule has 2 nitrogen and oxygen atoms in total. The zero-order chi connectivity index (χ0) is 15.5. The summed E-state index contributed by atoms with van der Waals surface area (Å²) >= 11 is 0. The van der Waals surface area contributed by atoms with Crippen LogP contribution in [0.2, 0.25) is 0 Å². The van der Waals surface area contributed by atoms with Crippen molar-refractivity contribution in [3.05, 3.63) is 59.4 Å². The van der Waals surface area contributed by atoms with Crippen molar-refractivity contribution in [2.24, 2.45) is 0 Å². The zero-order valence-corrected chi connectivity index (χ0v) is 11.9. The predicted molar refractivity (Wildman–Crippen MR) is 77.8 cm³/mol. The van der Waals surface area contributed by atoms with Crippen molar-refractivity contribution in [1.29, 1.82) is 0 Å². The van der Waals surface area contributed by atoms with Crippen LogP contribution >= 0.6 is 0 Å². The molecule has 2 aromatic rings. The molecule has 22 heavy (non-hydrogen) atoms. The minimum Gasteiger partial charge on any atom is -0.372 e. The summed E-state index contributed by atoms with van der Waals surface area (Å²) in [4.78, 5) is 0. The first-order valence-corrected chi connectivity index (χ1v) is 7.21. The van der Waals surface area contributed by atoms with Gasteiger partial charge in [-0.15, -0.1) is 0 Å². The number of halogens is 3. The van der Waals surface area contributed by atoms with Gasteiger partial charge in [0.15, 0.2) is 11.6 Å². The molecule has 1 aliphatic rings. The van der Waals surface area contributed by atoms with Crippen LogP contribution < -0.4 is 5.32 Å². The third-order valence-corrected chi connectivity index (χ3v) is 3.84. The van der Waals surface area contributed by atoms with Crippen LogP contribution in [0.25, 0.3) is 11.1 Å². The predicted octanol–water partition coefficient (Wildman–Crippen LogP) is 3.65. The van der Waals surface area contributed by atoms with Crippen LogP contribution in [0, 0.1) is 17.5 Å². The molecule has 1 heterocycles. The van der Waals surface area contributed by atoms with E-state index in [-0.39, 0.29) is 23.8 Å². The highest BCUT2D eigenvalue weighted by Crippen LogP contribution is 2.30. The molecule has 116 valence electrons. The molecular formula is C17H16F3NO. The van der Waals surface area contributed by atoms with Crippen molar-refractivity contribution in [2.45, 2.75) is 19.1 Å². The number of ether oxygens (including phenoxy) is 1. The largest absolute Gasteiger partial charge is 0.372 e. The lowest BCUT2D eigenvalue weighted by Gasteiger charge is -2.15. The van der Waals surface area contributed by atoms with Crippen LogP contribution in [0.15, 0.2) is 36.4 Å². The summed E-state index contributed by atoms with van der Waals surface area (Å²) in [5.41, 5.74) is 0.615. The summed E-state index contributed by atoms with van der Waals surface area (Å²) in [5.74, 6) is -2.40. The maximum atomic E-state index is 14.1. The molecule has 0 bridgehead atoms. The first kappa shape index (κ1) is 15.1. The molecule has 5 heteroatoms. The quantitative estimate of drug-likeness (QED) is 0.931. The van der Waals surface area contributed by atoms with Gasteiger partial charge < -0.3 is 10.1 Å². The SMILES string of the molecule is Fc1cccc(-c2cccc(F)c2CO[C@H]2CCNC2)c1F. The minimum absolute atomic E-state index is 0.0183. The van der Waals surface area contributed by atoms with Crippen molar-refractivity contribution in [1.82, 2.24) is 5.32 Å². The Hall–Kier alpha value is -1.85. The lowest BCUT2D eigenvalue weighted by molar-refractivity contribution is 0.0528. The second kappa shape index (κ2) is 6.50. The molecule has 0 aromatic heterocycles. The third kappa shape index (κ3) is 3.00. The van der Waals surface area contributed by atoms with Gasteiger partial charge in [-0.05, 0) is 30.7 Å². The topological polar surface area (TPSA) is 21.3 Å². The van der Waals surface area contributed by atoms with E-state index in [1.54, 1.807) is 6.07 Å². The Morgan fingerprint density at radius 3 is 2.45 bits per heavy atom. The zero-order valence-electron chi connectivity index (χ0n) is 11.9. The molecule has 0 radical (unpaired) electrons. The Kier molecular flexibility index (Phi) is 4.45. The number of hydrogen-bond donors (Lipinski definition) is 1. The first-order valence-electron chi connectivity index (χ1n) is 7.21. The van der Waals surface area contributed by atoms with Gasteiger partial charge in [0.25, 0.3) is 0 Å². The summed E-state index contributed by atoms with van der Waals surface area (Å²) in [6.07, 6.45) is 0.878. The molecule has 2 aromatic carbocycles. The molecule has 3 rings (SSSR count). The van der Waals surface area contributed by atoms with E-state index >= 15 is 0 Å². The van der Waals surface area contributed by atoms with Gasteiger partial charge >= 0.3 is 0 Å². The van der Waals surface area contributed by atoms with Crippen molar-refractivity contribution in [2.75, 3.05) is 13.1 Å². The maximum Gasteiger partial charge on any atom is 0.166 e. The van der Waals surface area contributed by atoms with Crippen LogP contribution in [0.5, 0.6) is 0 Å². The highest BCUT2D eigenvalue weighted by Gasteiger charge is 2.19. The highest BCUT2D eigenvalue weighted by atomic mass is 19.2. The number of benzene rings is 2. The lowest BCUT2D eigenvalue weighted by atomic mass is 9.99. The average Bonchev–Trinajstić information content (AvgIpc) is 3.02. The van der Waals surface area contributed by atoms with E-state index in [1.807, 2.05) is 0 Å². The van der Waals surface area contributed by atoms with Crippen molar-refractivity contribution >= 4 is 0 Å². The standard InChI is InChI=1S/C17H16F3NO/c18-15-5-1-3-12(13-4-2-6-16(19)17(13)20)14(15)10-22-11-7-8-21-9-11/h1-6,11,21H,7-10H2/t11-/m0/s1. The van der Waals surface area contributed by atoms with Gasteiger partial charge in [0.1, 0.15) is 5.82 Å². The van der Waals surface area contributed by atoms with Crippen LogP contribution in [-0.2, 0) is 11.3 Å². The first-order chi connectivity index (χ1) is 10.7. The Morgan fingerprint density at radius 1 is 1.00 bits per heavy atom. The average molecular weight is 307 g/mol. The van der Waals surface area contributed by atoms with Crippen molar-refractivity contribution < 1.29 is 17.9 Å². The van der Waals surface area contributed by atoms with E-state index in [4.69, 9.17) is 4.74 Å². The van der Waals surface area contributed by atoms with Gasteiger partial charge in [-0.2, -0.15) is 0 Å². The maximum absolute atomic E-state index is 14.1. The summed E-state index contributed by atoms with van der Waals surface area (Å²) < 4.78 is 47.2. The Morgan fingerprint density at radius 2 is 1.73 bits per heavy atom. The van der Waals surface area contributed by atoms with Gasteiger partial charge in [0.2, 0.25) is 0 Å². The molecule has 1 aliphatic heterocycles. The molecule has 1 atom stereocenters. The van der Waals surface area contributed by atoms with Gasteiger partial charge in [-0.25, -0.2) is 13.2 Å². The molecule has 1 fully saturated rings. The van der Waals surface area contributed by atoms with E-state index in [0.29, 0.717) is 5.56 Å². The van der Waals surface area contributed by atoms with E-state index in [1.165, 1.54) is 24.3 Å². The Balaban J connectivity index is 1.93. The van der Waals surface area contributed by atoms with Crippen LogP contribution in [0.4, 0.5) is 13.2 Å². The molecule has 1 saturated heterocycles. The fourth-order valence-electron chi connectivity index (χ4n) is 2.64. The summed E-state index contributed by atoms with van der Waals surface area (Å²) in [7, 11) is 0. The van der Waals surface area contributed by atoms with E-state index in [0.717, 1.165) is 25.6 Å². The number of rotatable bonds is 4. The smallest absolute Gasteiger partial charge is 0.166 e. The molecule has 0 spiro atoms. The Labute approximate surface area is 126 Å². The van der Waals surface area contributed by atoms with Gasteiger partial charge in [-0.1, -0.05) is 24.3 Å². The fraction of sp³-hybridized carbons (Fsp3) is 0.294. The summed E-state index contributed by atoms with van der Waals surface area (Å²) in [6.45, 7) is 1.62. The van der Waals surface area contributed by atoms with E-state index in [2.05, 4.69) is 5.32 Å². The van der Waals surface area contributed by atoms with Gasteiger partial charge in [0.05, 0.1) is 12.7 Å². The van der Waals surface area contributed by atoms with Gasteiger partial charge in [-0.3, -0.25) is 0 Å². The molecule has 0 unspecified atom stereocenters. The van der Waals surface area contributed by atoms with E-state index < -0.39 is 17.5 Å². The summed E-state index contributed by atoms with van der Waals surface area (Å²) in [5, 5.41) is 3.16. The number of nitrogens with one attached hydrogen (secondary N) is 1. The van der Waals surface area contributed by atoms with Gasteiger partial charge in [0, 0.05) is 17.7 Å². The minimum atomic E-state index is -0.975. The van der Waals surface area contributed by atoms with Crippen molar-refractivity contribution in [3.8, 4) is 11.1 Å². The van der Waals surface area contributed by atoms with Crippen LogP contribution in [-0.4, -0.2) is 19.2 Å².